The van der Waals surface area contributed by atoms with Gasteiger partial charge in [-0.15, -0.1) is 11.3 Å². The molecule has 2 aromatic heterocycles. The molecule has 0 unspecified atom stereocenters. The van der Waals surface area contributed by atoms with E-state index in [2.05, 4.69) is 52.6 Å². The summed E-state index contributed by atoms with van der Waals surface area (Å²) in [6.07, 6.45) is 0. The van der Waals surface area contributed by atoms with E-state index in [1.807, 2.05) is 29.6 Å². The molecule has 146 valence electrons. The number of carbonyl (C=O) groups is 2. The van der Waals surface area contributed by atoms with Crippen LogP contribution in [0.25, 0.3) is 10.7 Å². The zero-order chi connectivity index (χ0) is 19.9. The number of benzene rings is 1. The number of nitrogens with one attached hydrogen (secondary N) is 2. The maximum absolute atomic E-state index is 12.0. The molecule has 2 amide bonds. The van der Waals surface area contributed by atoms with Gasteiger partial charge in [-0.1, -0.05) is 27.2 Å². The average molecular weight is 530 g/mol. The molecule has 8 nitrogen and oxygen atoms in total. The van der Waals surface area contributed by atoms with E-state index in [1.165, 1.54) is 11.3 Å². The average Bonchev–Trinajstić information content (AvgIpc) is 3.35. The Bertz CT molecular complexity index is 962. The zero-order valence-corrected chi connectivity index (χ0v) is 18.3. The number of nitrogens with zero attached hydrogens (tertiary/aromatic N) is 2. The summed E-state index contributed by atoms with van der Waals surface area (Å²) in [5.41, 5.74) is 0. The molecule has 0 saturated heterocycles. The number of rotatable bonds is 8. The molecule has 0 spiro atoms. The van der Waals surface area contributed by atoms with E-state index in [9.17, 15) is 9.59 Å². The third-order valence-electron chi connectivity index (χ3n) is 3.35. The monoisotopic (exact) mass is 528 g/mol. The predicted molar refractivity (Wildman–Crippen MR) is 110 cm³/mol. The van der Waals surface area contributed by atoms with Crippen LogP contribution >= 0.6 is 43.2 Å². The SMILES string of the molecule is O=C(COc1ccc(Br)cc1Br)NCCNC(=O)c1nc(-c2cccs2)no1. The van der Waals surface area contributed by atoms with Gasteiger partial charge in [-0.05, 0) is 45.6 Å². The molecule has 0 fully saturated rings. The first-order valence-corrected chi connectivity index (χ1v) is 10.5. The molecule has 0 saturated carbocycles. The van der Waals surface area contributed by atoms with E-state index in [1.54, 1.807) is 6.07 Å². The summed E-state index contributed by atoms with van der Waals surface area (Å²) in [6, 6.07) is 9.08. The molecule has 0 bridgehead atoms. The summed E-state index contributed by atoms with van der Waals surface area (Å²) in [5, 5.41) is 10.9. The van der Waals surface area contributed by atoms with Crippen LogP contribution in [0.1, 0.15) is 10.7 Å². The Labute approximate surface area is 180 Å². The van der Waals surface area contributed by atoms with Crippen molar-refractivity contribution in [2.45, 2.75) is 0 Å². The number of thiophene rings is 1. The van der Waals surface area contributed by atoms with Crippen molar-refractivity contribution in [2.75, 3.05) is 19.7 Å². The number of hydrogen-bond donors (Lipinski definition) is 2. The van der Waals surface area contributed by atoms with E-state index in [4.69, 9.17) is 9.26 Å². The topological polar surface area (TPSA) is 106 Å². The third-order valence-corrected chi connectivity index (χ3v) is 5.33. The molecule has 2 heterocycles. The lowest BCUT2D eigenvalue weighted by Crippen LogP contribution is -2.36. The number of amides is 2. The van der Waals surface area contributed by atoms with Crippen LogP contribution in [0.5, 0.6) is 5.75 Å². The molecule has 2 N–H and O–H groups in total. The summed E-state index contributed by atoms with van der Waals surface area (Å²) >= 11 is 8.15. The van der Waals surface area contributed by atoms with Crippen LogP contribution in [-0.2, 0) is 4.79 Å². The Balaban J connectivity index is 1.37. The molecule has 0 radical (unpaired) electrons. The van der Waals surface area contributed by atoms with E-state index in [0.29, 0.717) is 11.6 Å². The van der Waals surface area contributed by atoms with E-state index in [-0.39, 0.29) is 31.5 Å². The largest absolute Gasteiger partial charge is 0.483 e. The second kappa shape index (κ2) is 9.80. The molecular formula is C17H14Br2N4O4S. The maximum Gasteiger partial charge on any atom is 0.316 e. The second-order valence-electron chi connectivity index (χ2n) is 5.37. The van der Waals surface area contributed by atoms with Gasteiger partial charge in [-0.2, -0.15) is 4.98 Å². The van der Waals surface area contributed by atoms with Crippen LogP contribution in [-0.4, -0.2) is 41.7 Å². The lowest BCUT2D eigenvalue weighted by Gasteiger charge is -2.09. The van der Waals surface area contributed by atoms with Crippen molar-refractivity contribution in [3.63, 3.8) is 0 Å². The number of carbonyl (C=O) groups excluding carboxylic acids is 2. The fourth-order valence-corrected chi connectivity index (χ4v) is 3.87. The molecule has 0 aliphatic carbocycles. The van der Waals surface area contributed by atoms with Crippen molar-refractivity contribution in [1.29, 1.82) is 0 Å². The fraction of sp³-hybridized carbons (Fsp3) is 0.176. The van der Waals surface area contributed by atoms with Gasteiger partial charge in [0.2, 0.25) is 5.82 Å². The summed E-state index contributed by atoms with van der Waals surface area (Å²) < 4.78 is 12.0. The normalized spacial score (nSPS) is 10.5. The van der Waals surface area contributed by atoms with Crippen molar-refractivity contribution < 1.29 is 18.8 Å². The van der Waals surface area contributed by atoms with Crippen LogP contribution in [0, 0.1) is 0 Å². The van der Waals surface area contributed by atoms with Crippen molar-refractivity contribution in [3.05, 3.63) is 50.5 Å². The molecule has 1 aromatic carbocycles. The molecular weight excluding hydrogens is 516 g/mol. The Hall–Kier alpha value is -2.24. The van der Waals surface area contributed by atoms with E-state index < -0.39 is 5.91 Å². The third kappa shape index (κ3) is 5.63. The Morgan fingerprint density at radius 2 is 2.00 bits per heavy atom. The quantitative estimate of drug-likeness (QED) is 0.434. The maximum atomic E-state index is 12.0. The van der Waals surface area contributed by atoms with Crippen LogP contribution in [0.2, 0.25) is 0 Å². The number of hydrogen-bond acceptors (Lipinski definition) is 7. The minimum Gasteiger partial charge on any atom is -0.483 e. The smallest absolute Gasteiger partial charge is 0.316 e. The highest BCUT2D eigenvalue weighted by atomic mass is 79.9. The first-order chi connectivity index (χ1) is 13.5. The lowest BCUT2D eigenvalue weighted by molar-refractivity contribution is -0.123. The van der Waals surface area contributed by atoms with Gasteiger partial charge in [0.15, 0.2) is 6.61 Å². The fourth-order valence-electron chi connectivity index (χ4n) is 2.06. The molecule has 0 aliphatic rings. The van der Waals surface area contributed by atoms with Crippen LogP contribution in [0.4, 0.5) is 0 Å². The van der Waals surface area contributed by atoms with Gasteiger partial charge < -0.3 is 19.9 Å². The van der Waals surface area contributed by atoms with Gasteiger partial charge in [-0.3, -0.25) is 9.59 Å². The predicted octanol–water partition coefficient (Wildman–Crippen LogP) is 3.25. The summed E-state index contributed by atoms with van der Waals surface area (Å²) in [5.74, 6) is -0.00567. The Morgan fingerprint density at radius 1 is 1.18 bits per heavy atom. The molecule has 0 aliphatic heterocycles. The van der Waals surface area contributed by atoms with Crippen molar-refractivity contribution in [1.82, 2.24) is 20.8 Å². The summed E-state index contributed by atoms with van der Waals surface area (Å²) in [4.78, 5) is 28.7. The van der Waals surface area contributed by atoms with Crippen LogP contribution in [0.15, 0.2) is 49.2 Å². The van der Waals surface area contributed by atoms with Crippen LogP contribution < -0.4 is 15.4 Å². The number of halogens is 2. The zero-order valence-electron chi connectivity index (χ0n) is 14.3. The van der Waals surface area contributed by atoms with E-state index in [0.717, 1.165) is 13.8 Å². The van der Waals surface area contributed by atoms with Gasteiger partial charge in [0, 0.05) is 17.6 Å². The second-order valence-corrected chi connectivity index (χ2v) is 8.09. The molecule has 3 rings (SSSR count). The minimum atomic E-state index is -0.500. The standard InChI is InChI=1S/C17H14Br2N4O4S/c18-10-3-4-12(11(19)8-10)26-9-14(24)20-5-6-21-16(25)17-22-15(23-27-17)13-2-1-7-28-13/h1-4,7-8H,5-6,9H2,(H,20,24)(H,21,25). The highest BCUT2D eigenvalue weighted by molar-refractivity contribution is 9.11. The highest BCUT2D eigenvalue weighted by Crippen LogP contribution is 2.28. The van der Waals surface area contributed by atoms with Crippen molar-refractivity contribution in [3.8, 4) is 16.5 Å². The minimum absolute atomic E-state index is 0.127. The Morgan fingerprint density at radius 3 is 2.75 bits per heavy atom. The first kappa shape index (κ1) is 20.5. The van der Waals surface area contributed by atoms with Gasteiger partial charge in [0.1, 0.15) is 5.75 Å². The van der Waals surface area contributed by atoms with Gasteiger partial charge in [-0.25, -0.2) is 0 Å². The summed E-state index contributed by atoms with van der Waals surface area (Å²) in [7, 11) is 0. The number of ether oxygens (including phenoxy) is 1. The molecule has 0 atom stereocenters. The molecule has 3 aromatic rings. The number of aromatic nitrogens is 2. The lowest BCUT2D eigenvalue weighted by atomic mass is 10.3. The van der Waals surface area contributed by atoms with Gasteiger partial charge >= 0.3 is 11.8 Å². The highest BCUT2D eigenvalue weighted by Gasteiger charge is 2.16. The van der Waals surface area contributed by atoms with Crippen molar-refractivity contribution in [2.24, 2.45) is 0 Å². The Kier molecular flexibility index (Phi) is 7.18. The van der Waals surface area contributed by atoms with Crippen LogP contribution in [0.3, 0.4) is 0 Å². The van der Waals surface area contributed by atoms with E-state index >= 15 is 0 Å². The van der Waals surface area contributed by atoms with Crippen molar-refractivity contribution >= 4 is 55.0 Å². The molecule has 28 heavy (non-hydrogen) atoms. The molecule has 11 heteroatoms. The summed E-state index contributed by atoms with van der Waals surface area (Å²) in [6.45, 7) is 0.312. The van der Waals surface area contributed by atoms with Gasteiger partial charge in [0.05, 0.1) is 9.35 Å². The first-order valence-electron chi connectivity index (χ1n) is 8.03. The van der Waals surface area contributed by atoms with Gasteiger partial charge in [0.25, 0.3) is 5.91 Å².